The minimum atomic E-state index is -0.661. The minimum Gasteiger partial charge on any atom is -0.354 e. The van der Waals surface area contributed by atoms with Crippen molar-refractivity contribution < 1.29 is 19.7 Å². The number of likely N-dealkylation sites (N-methyl/N-ethyl adjacent to an activating group) is 1. The number of hydrogen-bond donors (Lipinski definition) is 4. The van der Waals surface area contributed by atoms with Crippen LogP contribution in [0.15, 0.2) is 30.3 Å². The number of benzene rings is 1. The highest BCUT2D eigenvalue weighted by atomic mass is 16.2. The van der Waals surface area contributed by atoms with Gasteiger partial charge in [0, 0.05) is 19.7 Å². The summed E-state index contributed by atoms with van der Waals surface area (Å²) in [6.45, 7) is 0.0945. The molecule has 1 atom stereocenters. The lowest BCUT2D eigenvalue weighted by molar-refractivity contribution is -0.672. The van der Waals surface area contributed by atoms with Gasteiger partial charge in [-0.3, -0.25) is 14.9 Å². The number of rotatable bonds is 5. The van der Waals surface area contributed by atoms with Crippen molar-refractivity contribution in [1.29, 1.82) is 0 Å². The molecule has 0 aliphatic heterocycles. The van der Waals surface area contributed by atoms with Crippen molar-refractivity contribution in [3.05, 3.63) is 35.9 Å². The third-order valence-corrected chi connectivity index (χ3v) is 2.72. The summed E-state index contributed by atoms with van der Waals surface area (Å²) in [6, 6.07) is 7.72. The molecule has 1 aromatic carbocycles. The van der Waals surface area contributed by atoms with Gasteiger partial charge < -0.3 is 16.0 Å². The molecule has 0 spiro atoms. The van der Waals surface area contributed by atoms with E-state index in [1.165, 1.54) is 14.1 Å². The lowest BCUT2D eigenvalue weighted by Crippen LogP contribution is -2.89. The summed E-state index contributed by atoms with van der Waals surface area (Å²) in [7, 11) is 2.95. The van der Waals surface area contributed by atoms with Gasteiger partial charge in [0.2, 0.25) is 0 Å². The number of carbonyl (C=O) groups is 3. The van der Waals surface area contributed by atoms with Crippen LogP contribution in [-0.2, 0) is 9.59 Å². The Morgan fingerprint density at radius 2 is 1.75 bits per heavy atom. The number of amides is 4. The van der Waals surface area contributed by atoms with E-state index in [9.17, 15) is 14.4 Å². The largest absolute Gasteiger partial charge is 0.354 e. The number of urea groups is 1. The first-order chi connectivity index (χ1) is 9.58. The lowest BCUT2D eigenvalue weighted by atomic mass is 10.1. The molecule has 0 aliphatic carbocycles. The van der Waals surface area contributed by atoms with Crippen LogP contribution in [0, 0.1) is 0 Å². The van der Waals surface area contributed by atoms with Crippen molar-refractivity contribution in [2.45, 2.75) is 6.04 Å². The molecule has 5 N–H and O–H groups in total. The Hall–Kier alpha value is -2.41. The van der Waals surface area contributed by atoms with Gasteiger partial charge >= 0.3 is 6.03 Å². The summed E-state index contributed by atoms with van der Waals surface area (Å²) in [5.74, 6) is -0.668. The van der Waals surface area contributed by atoms with Crippen LogP contribution in [-0.4, -0.2) is 38.5 Å². The Morgan fingerprint density at radius 1 is 1.10 bits per heavy atom. The Kier molecular flexibility index (Phi) is 6.18. The number of imide groups is 1. The molecule has 0 aromatic heterocycles. The molecule has 0 unspecified atom stereocenters. The van der Waals surface area contributed by atoms with Crippen molar-refractivity contribution in [3.8, 4) is 0 Å². The highest BCUT2D eigenvalue weighted by Gasteiger charge is 2.26. The van der Waals surface area contributed by atoms with Crippen molar-refractivity contribution in [2.75, 3.05) is 20.6 Å². The standard InChI is InChI=1S/C13H18N4O3/c1-14-10(18)8-16-11(9-6-4-3-5-7-9)12(19)17-13(20)15-2/h3-7,11,16H,8H2,1-2H3,(H,14,18)(H2,15,17,19,20)/p+1/t11-/m1/s1. The van der Waals surface area contributed by atoms with Crippen LogP contribution in [0.5, 0.6) is 0 Å². The predicted molar refractivity (Wildman–Crippen MR) is 72.6 cm³/mol. The number of hydrogen-bond acceptors (Lipinski definition) is 3. The third kappa shape index (κ3) is 4.69. The molecular weight excluding hydrogens is 260 g/mol. The predicted octanol–water partition coefficient (Wildman–Crippen LogP) is -1.51. The number of carbonyl (C=O) groups excluding carboxylic acids is 3. The van der Waals surface area contributed by atoms with Crippen LogP contribution in [0.2, 0.25) is 0 Å². The lowest BCUT2D eigenvalue weighted by Gasteiger charge is -2.14. The van der Waals surface area contributed by atoms with Gasteiger partial charge in [-0.2, -0.15) is 0 Å². The van der Waals surface area contributed by atoms with E-state index in [2.05, 4.69) is 16.0 Å². The molecule has 1 aromatic rings. The van der Waals surface area contributed by atoms with Crippen molar-refractivity contribution in [2.24, 2.45) is 0 Å². The average molecular weight is 279 g/mol. The third-order valence-electron chi connectivity index (χ3n) is 2.72. The Labute approximate surface area is 117 Å². The second-order valence-corrected chi connectivity index (χ2v) is 4.07. The van der Waals surface area contributed by atoms with Crippen molar-refractivity contribution in [1.82, 2.24) is 16.0 Å². The summed E-state index contributed by atoms with van der Waals surface area (Å²) in [5, 5.41) is 8.59. The first-order valence-electron chi connectivity index (χ1n) is 6.20. The molecule has 1 rings (SSSR count). The number of nitrogens with two attached hydrogens (primary N) is 1. The monoisotopic (exact) mass is 279 g/mol. The van der Waals surface area contributed by atoms with Gasteiger partial charge in [0.15, 0.2) is 12.6 Å². The van der Waals surface area contributed by atoms with Gasteiger partial charge in [-0.15, -0.1) is 0 Å². The van der Waals surface area contributed by atoms with Crippen LogP contribution < -0.4 is 21.3 Å². The van der Waals surface area contributed by atoms with E-state index in [0.29, 0.717) is 0 Å². The van der Waals surface area contributed by atoms with Gasteiger partial charge in [0.25, 0.3) is 11.8 Å². The molecule has 0 saturated carbocycles. The molecule has 0 bridgehead atoms. The fourth-order valence-electron chi connectivity index (χ4n) is 1.63. The molecule has 0 saturated heterocycles. The maximum Gasteiger partial charge on any atom is 0.321 e. The van der Waals surface area contributed by atoms with E-state index in [4.69, 9.17) is 0 Å². The van der Waals surface area contributed by atoms with Gasteiger partial charge in [0.05, 0.1) is 0 Å². The van der Waals surface area contributed by atoms with Crippen LogP contribution in [0.4, 0.5) is 4.79 Å². The van der Waals surface area contributed by atoms with Crippen LogP contribution in [0.25, 0.3) is 0 Å². The highest BCUT2D eigenvalue weighted by molar-refractivity contribution is 5.96. The first-order valence-corrected chi connectivity index (χ1v) is 6.20. The van der Waals surface area contributed by atoms with Crippen LogP contribution in [0.1, 0.15) is 11.6 Å². The van der Waals surface area contributed by atoms with E-state index in [1.54, 1.807) is 29.6 Å². The Balaban J connectivity index is 2.81. The topological polar surface area (TPSA) is 104 Å². The second kappa shape index (κ2) is 7.90. The molecule has 20 heavy (non-hydrogen) atoms. The fraction of sp³-hybridized carbons (Fsp3) is 0.308. The summed E-state index contributed by atoms with van der Waals surface area (Å²) in [6.07, 6.45) is 0. The number of quaternary nitrogens is 1. The van der Waals surface area contributed by atoms with E-state index in [-0.39, 0.29) is 12.5 Å². The van der Waals surface area contributed by atoms with E-state index in [0.717, 1.165) is 5.56 Å². The molecule has 0 fully saturated rings. The molecule has 7 heteroatoms. The SMILES string of the molecule is CNC(=O)C[NH2+][C@@H](C(=O)NC(=O)NC)c1ccccc1. The molecule has 0 radical (unpaired) electrons. The molecule has 0 heterocycles. The summed E-state index contributed by atoms with van der Waals surface area (Å²) >= 11 is 0. The van der Waals surface area contributed by atoms with Gasteiger partial charge in [-0.05, 0) is 0 Å². The molecule has 0 aliphatic rings. The zero-order valence-corrected chi connectivity index (χ0v) is 11.5. The number of nitrogens with one attached hydrogen (secondary N) is 3. The quantitative estimate of drug-likeness (QED) is 0.527. The smallest absolute Gasteiger partial charge is 0.321 e. The fourth-order valence-corrected chi connectivity index (χ4v) is 1.63. The molecule has 4 amide bonds. The van der Waals surface area contributed by atoms with Gasteiger partial charge in [-0.1, -0.05) is 30.3 Å². The van der Waals surface area contributed by atoms with Crippen LogP contribution in [0.3, 0.4) is 0 Å². The minimum absolute atomic E-state index is 0.0945. The summed E-state index contributed by atoms with van der Waals surface area (Å²) in [5.41, 5.74) is 0.720. The molecule has 108 valence electrons. The zero-order chi connectivity index (χ0) is 15.0. The molecular formula is C13H19N4O3+. The average Bonchev–Trinajstić information content (AvgIpc) is 2.48. The van der Waals surface area contributed by atoms with Gasteiger partial charge in [-0.25, -0.2) is 4.79 Å². The van der Waals surface area contributed by atoms with E-state index >= 15 is 0 Å². The maximum atomic E-state index is 12.1. The Bertz CT molecular complexity index is 476. The summed E-state index contributed by atoms with van der Waals surface area (Å²) < 4.78 is 0. The Morgan fingerprint density at radius 3 is 2.30 bits per heavy atom. The van der Waals surface area contributed by atoms with E-state index < -0.39 is 18.0 Å². The molecule has 7 nitrogen and oxygen atoms in total. The zero-order valence-electron chi connectivity index (χ0n) is 11.5. The maximum absolute atomic E-state index is 12.1. The normalized spacial score (nSPS) is 11.3. The van der Waals surface area contributed by atoms with Crippen molar-refractivity contribution in [3.63, 3.8) is 0 Å². The highest BCUT2D eigenvalue weighted by Crippen LogP contribution is 2.08. The van der Waals surface area contributed by atoms with E-state index in [1.807, 2.05) is 6.07 Å². The van der Waals surface area contributed by atoms with Crippen molar-refractivity contribution >= 4 is 17.8 Å². The second-order valence-electron chi connectivity index (χ2n) is 4.07. The first kappa shape index (κ1) is 15.6. The van der Waals surface area contributed by atoms with Gasteiger partial charge in [0.1, 0.15) is 0 Å². The summed E-state index contributed by atoms with van der Waals surface area (Å²) in [4.78, 5) is 34.6. The van der Waals surface area contributed by atoms with Crippen LogP contribution >= 0.6 is 0 Å².